The van der Waals surface area contributed by atoms with Crippen molar-refractivity contribution in [2.75, 3.05) is 20.2 Å². The largest absolute Gasteiger partial charge is 0.497 e. The summed E-state index contributed by atoms with van der Waals surface area (Å²) in [6, 6.07) is 17.0. The minimum atomic E-state index is -0.0631. The quantitative estimate of drug-likeness (QED) is 0.542. The predicted molar refractivity (Wildman–Crippen MR) is 134 cm³/mol. The number of hydrogen-bond donors (Lipinski definition) is 0. The molecule has 2 atom stereocenters. The van der Waals surface area contributed by atoms with Gasteiger partial charge in [0.15, 0.2) is 0 Å². The number of nitrogens with zero attached hydrogens (tertiary/aromatic N) is 4. The molecule has 2 amide bonds. The number of benzene rings is 2. The van der Waals surface area contributed by atoms with Gasteiger partial charge in [-0.05, 0) is 56.0 Å². The van der Waals surface area contributed by atoms with Crippen molar-refractivity contribution in [3.63, 3.8) is 0 Å². The number of fused-ring (bicyclic) bond motifs is 1. The SMILES string of the molecule is COc1cccc(C(=O)N2CCCC(N3C(=O)c4c(c(C)nn4-c4ccccc4)C3C(C)C)C2)c1. The molecular weight excluding hydrogens is 440 g/mol. The predicted octanol–water partition coefficient (Wildman–Crippen LogP) is 4.65. The number of aromatic nitrogens is 2. The van der Waals surface area contributed by atoms with Gasteiger partial charge in [0.25, 0.3) is 11.8 Å². The summed E-state index contributed by atoms with van der Waals surface area (Å²) in [7, 11) is 1.60. The number of aryl methyl sites for hydroxylation is 1. The second kappa shape index (κ2) is 9.21. The highest BCUT2D eigenvalue weighted by Gasteiger charge is 2.47. The summed E-state index contributed by atoms with van der Waals surface area (Å²) < 4.78 is 7.10. The van der Waals surface area contributed by atoms with E-state index in [1.165, 1.54) is 0 Å². The molecular formula is C28H32N4O3. The summed E-state index contributed by atoms with van der Waals surface area (Å²) in [6.07, 6.45) is 1.73. The topological polar surface area (TPSA) is 67.7 Å². The first-order valence-electron chi connectivity index (χ1n) is 12.3. The molecule has 0 radical (unpaired) electrons. The van der Waals surface area contributed by atoms with Crippen molar-refractivity contribution >= 4 is 11.8 Å². The zero-order valence-electron chi connectivity index (χ0n) is 20.8. The van der Waals surface area contributed by atoms with E-state index >= 15 is 0 Å². The summed E-state index contributed by atoms with van der Waals surface area (Å²) in [5.74, 6) is 0.863. The van der Waals surface area contributed by atoms with Crippen LogP contribution in [-0.4, -0.2) is 57.6 Å². The number of ether oxygens (including phenoxy) is 1. The monoisotopic (exact) mass is 472 g/mol. The molecule has 0 aliphatic carbocycles. The standard InChI is InChI=1S/C28H32N4O3/c1-18(2)25-24-19(3)29-32(21-11-6-5-7-12-21)26(24)28(34)31(25)22-13-9-15-30(17-22)27(33)20-10-8-14-23(16-20)35-4/h5-8,10-12,14,16,18,22,25H,9,13,15,17H2,1-4H3. The number of carbonyl (C=O) groups is 2. The molecule has 2 aliphatic heterocycles. The lowest BCUT2D eigenvalue weighted by molar-refractivity contribution is 0.0344. The number of piperidine rings is 1. The highest BCUT2D eigenvalue weighted by Crippen LogP contribution is 2.43. The van der Waals surface area contributed by atoms with Gasteiger partial charge in [-0.25, -0.2) is 4.68 Å². The number of rotatable bonds is 5. The van der Waals surface area contributed by atoms with Crippen molar-refractivity contribution in [3.8, 4) is 11.4 Å². The highest BCUT2D eigenvalue weighted by molar-refractivity contribution is 5.99. The van der Waals surface area contributed by atoms with Gasteiger partial charge in [-0.15, -0.1) is 0 Å². The molecule has 0 saturated carbocycles. The van der Waals surface area contributed by atoms with Crippen LogP contribution < -0.4 is 4.74 Å². The maximum absolute atomic E-state index is 14.0. The van der Waals surface area contributed by atoms with Gasteiger partial charge in [-0.2, -0.15) is 5.10 Å². The number of amides is 2. The van der Waals surface area contributed by atoms with Gasteiger partial charge in [0.05, 0.1) is 30.6 Å². The Labute approximate surface area is 206 Å². The Morgan fingerprint density at radius 1 is 1.11 bits per heavy atom. The Morgan fingerprint density at radius 2 is 1.89 bits per heavy atom. The first-order valence-corrected chi connectivity index (χ1v) is 12.3. The molecule has 0 spiro atoms. The molecule has 7 nitrogen and oxygen atoms in total. The van der Waals surface area contributed by atoms with Gasteiger partial charge >= 0.3 is 0 Å². The van der Waals surface area contributed by atoms with Gasteiger partial charge < -0.3 is 14.5 Å². The Balaban J connectivity index is 1.47. The molecule has 1 saturated heterocycles. The van der Waals surface area contributed by atoms with Crippen LogP contribution in [0, 0.1) is 12.8 Å². The van der Waals surface area contributed by atoms with Crippen molar-refractivity contribution in [2.24, 2.45) is 5.92 Å². The van der Waals surface area contributed by atoms with Crippen LogP contribution in [0.1, 0.15) is 64.8 Å². The molecule has 3 heterocycles. The lowest BCUT2D eigenvalue weighted by atomic mass is 9.94. The van der Waals surface area contributed by atoms with Crippen LogP contribution in [0.2, 0.25) is 0 Å². The average Bonchev–Trinajstić information content (AvgIpc) is 3.39. The molecule has 3 aromatic rings. The normalized spacial score (nSPS) is 19.9. The molecule has 2 aromatic carbocycles. The lowest BCUT2D eigenvalue weighted by Crippen LogP contribution is -2.51. The minimum Gasteiger partial charge on any atom is -0.497 e. The van der Waals surface area contributed by atoms with Gasteiger partial charge in [-0.1, -0.05) is 38.1 Å². The zero-order valence-corrected chi connectivity index (χ0v) is 20.8. The molecule has 1 aromatic heterocycles. The van der Waals surface area contributed by atoms with E-state index in [1.807, 2.05) is 65.3 Å². The van der Waals surface area contributed by atoms with Crippen molar-refractivity contribution < 1.29 is 14.3 Å². The maximum atomic E-state index is 14.0. The minimum absolute atomic E-state index is 0.00355. The number of hydrogen-bond acceptors (Lipinski definition) is 4. The van der Waals surface area contributed by atoms with Crippen molar-refractivity contribution in [1.29, 1.82) is 0 Å². The maximum Gasteiger partial charge on any atom is 0.273 e. The Hall–Kier alpha value is -3.61. The number of likely N-dealkylation sites (tertiary alicyclic amines) is 1. The number of methoxy groups -OCH3 is 1. The van der Waals surface area contributed by atoms with E-state index in [4.69, 9.17) is 9.84 Å². The van der Waals surface area contributed by atoms with E-state index in [1.54, 1.807) is 17.9 Å². The van der Waals surface area contributed by atoms with E-state index in [2.05, 4.69) is 13.8 Å². The van der Waals surface area contributed by atoms with Gasteiger partial charge in [0, 0.05) is 24.2 Å². The molecule has 0 N–H and O–H groups in total. The molecule has 5 rings (SSSR count). The zero-order chi connectivity index (χ0) is 24.7. The second-order valence-electron chi connectivity index (χ2n) is 9.78. The number of carbonyl (C=O) groups excluding carboxylic acids is 2. The van der Waals surface area contributed by atoms with Crippen molar-refractivity contribution in [1.82, 2.24) is 19.6 Å². The summed E-state index contributed by atoms with van der Waals surface area (Å²) in [5.41, 5.74) is 4.05. The smallest absolute Gasteiger partial charge is 0.273 e. The Kier molecular flexibility index (Phi) is 6.09. The van der Waals surface area contributed by atoms with Crippen LogP contribution in [0.3, 0.4) is 0 Å². The molecule has 2 unspecified atom stereocenters. The van der Waals surface area contributed by atoms with Crippen LogP contribution in [0.5, 0.6) is 5.75 Å². The fourth-order valence-corrected chi connectivity index (χ4v) is 5.60. The number of para-hydroxylation sites is 1. The van der Waals surface area contributed by atoms with Crippen LogP contribution in [0.15, 0.2) is 54.6 Å². The van der Waals surface area contributed by atoms with Gasteiger partial charge in [-0.3, -0.25) is 9.59 Å². The fraction of sp³-hybridized carbons (Fsp3) is 0.393. The Bertz CT molecular complexity index is 1250. The lowest BCUT2D eigenvalue weighted by Gasteiger charge is -2.41. The van der Waals surface area contributed by atoms with Gasteiger partial charge in [0.1, 0.15) is 11.4 Å². The molecule has 7 heteroatoms. The molecule has 182 valence electrons. The van der Waals surface area contributed by atoms with Crippen molar-refractivity contribution in [3.05, 3.63) is 77.1 Å². The first-order chi connectivity index (χ1) is 16.9. The third-order valence-electron chi connectivity index (χ3n) is 7.17. The molecule has 2 aliphatic rings. The molecule has 35 heavy (non-hydrogen) atoms. The molecule has 1 fully saturated rings. The van der Waals surface area contributed by atoms with Crippen molar-refractivity contribution in [2.45, 2.75) is 45.7 Å². The highest BCUT2D eigenvalue weighted by atomic mass is 16.5. The third-order valence-corrected chi connectivity index (χ3v) is 7.17. The van der Waals surface area contributed by atoms with E-state index in [-0.39, 0.29) is 29.8 Å². The average molecular weight is 473 g/mol. The molecule has 0 bridgehead atoms. The van der Waals surface area contributed by atoms with Crippen LogP contribution in [0.25, 0.3) is 5.69 Å². The summed E-state index contributed by atoms with van der Waals surface area (Å²) in [6.45, 7) is 7.50. The van der Waals surface area contributed by atoms with E-state index in [0.29, 0.717) is 30.1 Å². The van der Waals surface area contributed by atoms with E-state index < -0.39 is 0 Å². The van der Waals surface area contributed by atoms with E-state index in [9.17, 15) is 9.59 Å². The second-order valence-corrected chi connectivity index (χ2v) is 9.78. The van der Waals surface area contributed by atoms with Crippen LogP contribution >= 0.6 is 0 Å². The summed E-state index contributed by atoms with van der Waals surface area (Å²) >= 11 is 0. The van der Waals surface area contributed by atoms with E-state index in [0.717, 1.165) is 29.8 Å². The Morgan fingerprint density at radius 3 is 2.60 bits per heavy atom. The summed E-state index contributed by atoms with van der Waals surface area (Å²) in [4.78, 5) is 31.3. The summed E-state index contributed by atoms with van der Waals surface area (Å²) in [5, 5.41) is 4.76. The van der Waals surface area contributed by atoms with Crippen LogP contribution in [-0.2, 0) is 0 Å². The fourth-order valence-electron chi connectivity index (χ4n) is 5.60. The third kappa shape index (κ3) is 3.99. The van der Waals surface area contributed by atoms with Gasteiger partial charge in [0.2, 0.25) is 0 Å². The first kappa shape index (κ1) is 23.1. The van der Waals surface area contributed by atoms with Crippen LogP contribution in [0.4, 0.5) is 0 Å².